The number of aryl methyl sites for hydroxylation is 1. The van der Waals surface area contributed by atoms with E-state index in [4.69, 9.17) is 5.73 Å². The van der Waals surface area contributed by atoms with Crippen molar-refractivity contribution in [3.8, 4) is 0 Å². The molecule has 1 aromatic rings. The predicted octanol–water partition coefficient (Wildman–Crippen LogP) is 0.724. The van der Waals surface area contributed by atoms with E-state index in [1.54, 1.807) is 19.1 Å². The van der Waals surface area contributed by atoms with Crippen LogP contribution in [0.2, 0.25) is 0 Å². The SMILES string of the molecule is CCCN(CC(=O)NC)S(=O)(=O)c1cc(C)cc(N)c1. The van der Waals surface area contributed by atoms with Crippen LogP contribution >= 0.6 is 0 Å². The zero-order valence-electron chi connectivity index (χ0n) is 12.0. The summed E-state index contributed by atoms with van der Waals surface area (Å²) in [6.07, 6.45) is 0.623. The van der Waals surface area contributed by atoms with E-state index in [-0.39, 0.29) is 23.9 Å². The number of nitrogens with two attached hydrogens (primary N) is 1. The van der Waals surface area contributed by atoms with Crippen LogP contribution in [0.15, 0.2) is 23.1 Å². The van der Waals surface area contributed by atoms with Gasteiger partial charge in [0.25, 0.3) is 0 Å². The average Bonchev–Trinajstić information content (AvgIpc) is 2.36. The Labute approximate surface area is 120 Å². The minimum Gasteiger partial charge on any atom is -0.399 e. The molecule has 0 aromatic heterocycles. The maximum Gasteiger partial charge on any atom is 0.243 e. The van der Waals surface area contributed by atoms with E-state index < -0.39 is 10.0 Å². The zero-order valence-corrected chi connectivity index (χ0v) is 12.8. The van der Waals surface area contributed by atoms with Crippen molar-refractivity contribution in [2.45, 2.75) is 25.2 Å². The Bertz CT molecular complexity index is 564. The molecular weight excluding hydrogens is 278 g/mol. The molecule has 0 aliphatic heterocycles. The normalized spacial score (nSPS) is 11.6. The van der Waals surface area contributed by atoms with Gasteiger partial charge in [0.15, 0.2) is 0 Å². The lowest BCUT2D eigenvalue weighted by Gasteiger charge is -2.21. The van der Waals surface area contributed by atoms with Crippen LogP contribution in [0.4, 0.5) is 5.69 Å². The van der Waals surface area contributed by atoms with Crippen molar-refractivity contribution in [2.24, 2.45) is 0 Å². The molecule has 0 aliphatic rings. The molecular formula is C13H21N3O3S. The first-order valence-electron chi connectivity index (χ1n) is 6.39. The van der Waals surface area contributed by atoms with Gasteiger partial charge in [0.2, 0.25) is 15.9 Å². The van der Waals surface area contributed by atoms with E-state index in [9.17, 15) is 13.2 Å². The summed E-state index contributed by atoms with van der Waals surface area (Å²) in [5.41, 5.74) is 6.85. The molecule has 0 fully saturated rings. The van der Waals surface area contributed by atoms with Gasteiger partial charge in [0.05, 0.1) is 11.4 Å². The Morgan fingerprint density at radius 2 is 2.00 bits per heavy atom. The van der Waals surface area contributed by atoms with E-state index in [0.717, 1.165) is 5.56 Å². The van der Waals surface area contributed by atoms with Crippen LogP contribution in [-0.2, 0) is 14.8 Å². The molecule has 0 aliphatic carbocycles. The van der Waals surface area contributed by atoms with Gasteiger partial charge in [-0.25, -0.2) is 8.42 Å². The van der Waals surface area contributed by atoms with Crippen LogP contribution in [0, 0.1) is 6.92 Å². The molecule has 0 bridgehead atoms. The van der Waals surface area contributed by atoms with Gasteiger partial charge >= 0.3 is 0 Å². The molecule has 0 saturated heterocycles. The third kappa shape index (κ3) is 3.94. The number of likely N-dealkylation sites (N-methyl/N-ethyl adjacent to an activating group) is 1. The predicted molar refractivity (Wildman–Crippen MR) is 78.7 cm³/mol. The van der Waals surface area contributed by atoms with Gasteiger partial charge in [0, 0.05) is 19.3 Å². The summed E-state index contributed by atoms with van der Waals surface area (Å²) >= 11 is 0. The Morgan fingerprint density at radius 3 is 2.50 bits per heavy atom. The molecule has 0 saturated carbocycles. The number of hydrogen-bond acceptors (Lipinski definition) is 4. The summed E-state index contributed by atoms with van der Waals surface area (Å²) in [4.78, 5) is 11.6. The fourth-order valence-electron chi connectivity index (χ4n) is 1.85. The number of sulfonamides is 1. The Morgan fingerprint density at radius 1 is 1.35 bits per heavy atom. The number of hydrogen-bond donors (Lipinski definition) is 2. The lowest BCUT2D eigenvalue weighted by molar-refractivity contribution is -0.120. The average molecular weight is 299 g/mol. The summed E-state index contributed by atoms with van der Waals surface area (Å²) in [6, 6.07) is 4.66. The van der Waals surface area contributed by atoms with Gasteiger partial charge < -0.3 is 11.1 Å². The molecule has 1 rings (SSSR count). The largest absolute Gasteiger partial charge is 0.399 e. The molecule has 0 unspecified atom stereocenters. The van der Waals surface area contributed by atoms with Gasteiger partial charge in [-0.1, -0.05) is 6.92 Å². The van der Waals surface area contributed by atoms with E-state index in [1.807, 2.05) is 6.92 Å². The molecule has 1 aromatic carbocycles. The van der Waals surface area contributed by atoms with Crippen LogP contribution in [0.25, 0.3) is 0 Å². The maximum atomic E-state index is 12.6. The Kier molecular flexibility index (Phi) is 5.52. The molecule has 20 heavy (non-hydrogen) atoms. The van der Waals surface area contributed by atoms with Gasteiger partial charge in [-0.05, 0) is 37.1 Å². The number of nitrogen functional groups attached to an aromatic ring is 1. The van der Waals surface area contributed by atoms with Crippen molar-refractivity contribution in [3.63, 3.8) is 0 Å². The van der Waals surface area contributed by atoms with Crippen molar-refractivity contribution in [2.75, 3.05) is 25.9 Å². The molecule has 0 atom stereocenters. The number of nitrogens with zero attached hydrogens (tertiary/aromatic N) is 1. The second kappa shape index (κ2) is 6.71. The number of carbonyl (C=O) groups excluding carboxylic acids is 1. The first-order valence-corrected chi connectivity index (χ1v) is 7.83. The highest BCUT2D eigenvalue weighted by Crippen LogP contribution is 2.20. The van der Waals surface area contributed by atoms with Crippen molar-refractivity contribution < 1.29 is 13.2 Å². The summed E-state index contributed by atoms with van der Waals surface area (Å²) < 4.78 is 26.3. The van der Waals surface area contributed by atoms with Gasteiger partial charge in [0.1, 0.15) is 0 Å². The van der Waals surface area contributed by atoms with E-state index in [2.05, 4.69) is 5.32 Å². The highest BCUT2D eigenvalue weighted by atomic mass is 32.2. The van der Waals surface area contributed by atoms with Crippen LogP contribution < -0.4 is 11.1 Å². The van der Waals surface area contributed by atoms with Crippen molar-refractivity contribution in [3.05, 3.63) is 23.8 Å². The zero-order chi connectivity index (χ0) is 15.3. The maximum absolute atomic E-state index is 12.6. The molecule has 0 radical (unpaired) electrons. The molecule has 112 valence electrons. The number of carbonyl (C=O) groups is 1. The second-order valence-corrected chi connectivity index (χ2v) is 6.53. The standard InChI is InChI=1S/C13H21N3O3S/c1-4-5-16(9-13(17)15-3)20(18,19)12-7-10(2)6-11(14)8-12/h6-8H,4-5,9,14H2,1-3H3,(H,15,17). The van der Waals surface area contributed by atoms with Gasteiger partial charge in [-0.3, -0.25) is 4.79 Å². The molecule has 6 nitrogen and oxygen atoms in total. The third-order valence-corrected chi connectivity index (χ3v) is 4.61. The van der Waals surface area contributed by atoms with Crippen LogP contribution in [0.3, 0.4) is 0 Å². The molecule has 0 heterocycles. The lowest BCUT2D eigenvalue weighted by Crippen LogP contribution is -2.40. The van der Waals surface area contributed by atoms with Crippen molar-refractivity contribution >= 4 is 21.6 Å². The topological polar surface area (TPSA) is 92.5 Å². The van der Waals surface area contributed by atoms with Crippen LogP contribution in [0.5, 0.6) is 0 Å². The van der Waals surface area contributed by atoms with Crippen LogP contribution in [0.1, 0.15) is 18.9 Å². The summed E-state index contributed by atoms with van der Waals surface area (Å²) in [6.45, 7) is 3.72. The lowest BCUT2D eigenvalue weighted by atomic mass is 10.2. The quantitative estimate of drug-likeness (QED) is 0.757. The van der Waals surface area contributed by atoms with Crippen molar-refractivity contribution in [1.29, 1.82) is 0 Å². The number of amides is 1. The Hall–Kier alpha value is -1.60. The molecule has 0 spiro atoms. The van der Waals surface area contributed by atoms with Crippen LogP contribution in [-0.4, -0.2) is 38.8 Å². The summed E-state index contributed by atoms with van der Waals surface area (Å²) in [5, 5.41) is 2.43. The minimum atomic E-state index is -3.72. The smallest absolute Gasteiger partial charge is 0.243 e. The molecule has 7 heteroatoms. The van der Waals surface area contributed by atoms with Crippen molar-refractivity contribution in [1.82, 2.24) is 9.62 Å². The minimum absolute atomic E-state index is 0.118. The highest BCUT2D eigenvalue weighted by molar-refractivity contribution is 7.89. The number of nitrogens with one attached hydrogen (secondary N) is 1. The van der Waals surface area contributed by atoms with Gasteiger partial charge in [-0.15, -0.1) is 0 Å². The second-order valence-electron chi connectivity index (χ2n) is 4.59. The fourth-order valence-corrected chi connectivity index (χ4v) is 3.48. The third-order valence-electron chi connectivity index (χ3n) is 2.78. The molecule has 3 N–H and O–H groups in total. The highest BCUT2D eigenvalue weighted by Gasteiger charge is 2.26. The summed E-state index contributed by atoms with van der Waals surface area (Å²) in [7, 11) is -2.24. The van der Waals surface area contributed by atoms with E-state index in [0.29, 0.717) is 12.1 Å². The van der Waals surface area contributed by atoms with E-state index in [1.165, 1.54) is 17.4 Å². The van der Waals surface area contributed by atoms with E-state index >= 15 is 0 Å². The number of benzene rings is 1. The molecule has 1 amide bonds. The first kappa shape index (κ1) is 16.5. The Balaban J connectivity index is 3.18. The first-order chi connectivity index (χ1) is 9.31. The van der Waals surface area contributed by atoms with Gasteiger partial charge in [-0.2, -0.15) is 4.31 Å². The summed E-state index contributed by atoms with van der Waals surface area (Å²) in [5.74, 6) is -0.345. The number of anilines is 1. The number of rotatable bonds is 6. The monoisotopic (exact) mass is 299 g/mol. The fraction of sp³-hybridized carbons (Fsp3) is 0.462.